The summed E-state index contributed by atoms with van der Waals surface area (Å²) in [6.07, 6.45) is 3.51. The van der Waals surface area contributed by atoms with E-state index in [1.807, 2.05) is 5.38 Å². The molecule has 0 radical (unpaired) electrons. The number of rotatable bonds is 5. The van der Waals surface area contributed by atoms with Crippen LogP contribution in [0.25, 0.3) is 21.9 Å². The lowest BCUT2D eigenvalue weighted by Gasteiger charge is -2.07. The van der Waals surface area contributed by atoms with E-state index in [1.54, 1.807) is 6.07 Å². The predicted molar refractivity (Wildman–Crippen MR) is 108 cm³/mol. The Balaban J connectivity index is 1.41. The Kier molecular flexibility index (Phi) is 4.17. The minimum absolute atomic E-state index is 0.142. The molecule has 4 aromatic heterocycles. The predicted octanol–water partition coefficient (Wildman–Crippen LogP) is 1.06. The molecule has 4 aromatic rings. The van der Waals surface area contributed by atoms with Gasteiger partial charge in [0.15, 0.2) is 17.0 Å². The van der Waals surface area contributed by atoms with Crippen molar-refractivity contribution in [2.75, 3.05) is 5.32 Å². The largest absolute Gasteiger partial charge is 0.333 e. The number of fused-ring (bicyclic) bond motifs is 1. The van der Waals surface area contributed by atoms with Gasteiger partial charge in [-0.2, -0.15) is 4.98 Å². The van der Waals surface area contributed by atoms with E-state index in [-0.39, 0.29) is 23.6 Å². The molecule has 0 aromatic carbocycles. The average molecular weight is 427 g/mol. The van der Waals surface area contributed by atoms with Gasteiger partial charge >= 0.3 is 5.69 Å². The number of amides is 1. The summed E-state index contributed by atoms with van der Waals surface area (Å²) in [5.41, 5.74) is -0.0131. The Morgan fingerprint density at radius 1 is 1.30 bits per heavy atom. The van der Waals surface area contributed by atoms with Crippen molar-refractivity contribution in [3.8, 4) is 10.8 Å². The molecule has 30 heavy (non-hydrogen) atoms. The third-order valence-electron chi connectivity index (χ3n) is 5.05. The molecule has 12 heteroatoms. The van der Waals surface area contributed by atoms with E-state index in [9.17, 15) is 14.4 Å². The third-order valence-corrected chi connectivity index (χ3v) is 5.95. The summed E-state index contributed by atoms with van der Waals surface area (Å²) in [4.78, 5) is 46.5. The van der Waals surface area contributed by atoms with Gasteiger partial charge in [-0.3, -0.25) is 18.7 Å². The van der Waals surface area contributed by atoms with Crippen molar-refractivity contribution in [2.45, 2.75) is 25.3 Å². The van der Waals surface area contributed by atoms with Crippen molar-refractivity contribution >= 4 is 34.1 Å². The molecule has 11 nitrogen and oxygen atoms in total. The van der Waals surface area contributed by atoms with Gasteiger partial charge in [0.05, 0.1) is 12.0 Å². The van der Waals surface area contributed by atoms with Gasteiger partial charge in [-0.1, -0.05) is 5.16 Å². The Bertz CT molecular complexity index is 1400. The number of anilines is 1. The number of imidazole rings is 1. The maximum Gasteiger partial charge on any atom is 0.332 e. The molecule has 1 aliphatic rings. The number of aromatic nitrogens is 6. The highest BCUT2D eigenvalue weighted by Gasteiger charge is 2.29. The first-order chi connectivity index (χ1) is 14.4. The number of aryl methyl sites for hydroxylation is 1. The average Bonchev–Trinajstić information content (AvgIpc) is 3.12. The van der Waals surface area contributed by atoms with Crippen molar-refractivity contribution in [3.63, 3.8) is 0 Å². The van der Waals surface area contributed by atoms with Gasteiger partial charge in [0.2, 0.25) is 5.91 Å². The number of nitrogens with zero attached hydrogens (tertiary/aromatic N) is 6. The number of nitrogens with one attached hydrogen (secondary N) is 1. The van der Waals surface area contributed by atoms with Crippen molar-refractivity contribution in [1.29, 1.82) is 0 Å². The first-order valence-electron chi connectivity index (χ1n) is 9.26. The van der Waals surface area contributed by atoms with Crippen LogP contribution >= 0.6 is 11.3 Å². The van der Waals surface area contributed by atoms with Crippen molar-refractivity contribution in [1.82, 2.24) is 28.8 Å². The second-order valence-corrected chi connectivity index (χ2v) is 8.11. The Hall–Kier alpha value is -3.54. The van der Waals surface area contributed by atoms with Crippen LogP contribution in [-0.4, -0.2) is 34.7 Å². The third kappa shape index (κ3) is 2.96. The monoisotopic (exact) mass is 427 g/mol. The Morgan fingerprint density at radius 2 is 2.10 bits per heavy atom. The quantitative estimate of drug-likeness (QED) is 0.504. The fourth-order valence-electron chi connectivity index (χ4n) is 3.27. The lowest BCUT2D eigenvalue weighted by Crippen LogP contribution is -2.37. The SMILES string of the molecule is Cn1c(=O)c2c(ncn2CC(=O)Nc2ccsc2-c2nc(C3CC3)no2)n(C)c1=O. The minimum atomic E-state index is -0.506. The fourth-order valence-corrected chi connectivity index (χ4v) is 4.04. The maximum absolute atomic E-state index is 12.7. The fraction of sp³-hybridized carbons (Fsp3) is 0.333. The summed E-state index contributed by atoms with van der Waals surface area (Å²) in [6, 6.07) is 1.76. The van der Waals surface area contributed by atoms with E-state index >= 15 is 0 Å². The molecule has 0 atom stereocenters. The minimum Gasteiger partial charge on any atom is -0.333 e. The van der Waals surface area contributed by atoms with Crippen molar-refractivity contribution in [3.05, 3.63) is 44.4 Å². The molecule has 1 N–H and O–H groups in total. The maximum atomic E-state index is 12.7. The first kappa shape index (κ1) is 18.5. The summed E-state index contributed by atoms with van der Waals surface area (Å²) in [7, 11) is 2.92. The van der Waals surface area contributed by atoms with E-state index < -0.39 is 11.2 Å². The van der Waals surface area contributed by atoms with Gasteiger partial charge in [-0.25, -0.2) is 9.78 Å². The first-order valence-corrected chi connectivity index (χ1v) is 10.1. The van der Waals surface area contributed by atoms with Crippen LogP contribution in [0.15, 0.2) is 31.9 Å². The van der Waals surface area contributed by atoms with Gasteiger partial charge in [0, 0.05) is 20.0 Å². The van der Waals surface area contributed by atoms with Crippen LogP contribution in [0, 0.1) is 0 Å². The van der Waals surface area contributed by atoms with E-state index in [1.165, 1.54) is 40.9 Å². The molecule has 4 heterocycles. The van der Waals surface area contributed by atoms with Gasteiger partial charge < -0.3 is 14.4 Å². The Labute approximate surface area is 172 Å². The molecule has 0 aliphatic heterocycles. The molecule has 0 unspecified atom stereocenters. The number of thiophene rings is 1. The van der Waals surface area contributed by atoms with Crippen molar-refractivity contribution < 1.29 is 9.32 Å². The highest BCUT2D eigenvalue weighted by molar-refractivity contribution is 7.14. The van der Waals surface area contributed by atoms with Crippen LogP contribution in [0.2, 0.25) is 0 Å². The zero-order chi connectivity index (χ0) is 21.0. The zero-order valence-electron chi connectivity index (χ0n) is 16.2. The molecule has 0 spiro atoms. The summed E-state index contributed by atoms with van der Waals surface area (Å²) in [5, 5.41) is 8.66. The summed E-state index contributed by atoms with van der Waals surface area (Å²) >= 11 is 1.39. The van der Waals surface area contributed by atoms with E-state index in [4.69, 9.17) is 4.52 Å². The molecular formula is C18H17N7O4S. The molecular weight excluding hydrogens is 410 g/mol. The van der Waals surface area contributed by atoms with Crippen LogP contribution in [0.4, 0.5) is 5.69 Å². The Morgan fingerprint density at radius 3 is 2.87 bits per heavy atom. The van der Waals surface area contributed by atoms with Crippen molar-refractivity contribution in [2.24, 2.45) is 14.1 Å². The lowest BCUT2D eigenvalue weighted by molar-refractivity contribution is -0.116. The standard InChI is InChI=1S/C18H17N7O4S/c1-23-15-12(17(27)24(2)18(23)28)25(8-19-15)7-11(26)20-10-5-6-30-13(10)16-21-14(22-29-16)9-3-4-9/h5-6,8-9H,3-4,7H2,1-2H3,(H,20,26). The molecule has 0 bridgehead atoms. The summed E-state index contributed by atoms with van der Waals surface area (Å²) in [5.74, 6) is 1.08. The normalized spacial score (nSPS) is 13.8. The summed E-state index contributed by atoms with van der Waals surface area (Å²) in [6.45, 7) is -0.142. The molecule has 1 aliphatic carbocycles. The van der Waals surface area contributed by atoms with Crippen LogP contribution < -0.4 is 16.6 Å². The van der Waals surface area contributed by atoms with Gasteiger partial charge in [-0.15, -0.1) is 11.3 Å². The molecule has 1 saturated carbocycles. The topological polar surface area (TPSA) is 130 Å². The van der Waals surface area contributed by atoms with Crippen LogP contribution in [-0.2, 0) is 25.4 Å². The van der Waals surface area contributed by atoms with Gasteiger partial charge in [0.25, 0.3) is 11.4 Å². The summed E-state index contributed by atoms with van der Waals surface area (Å²) < 4.78 is 9.04. The van der Waals surface area contributed by atoms with Crippen LogP contribution in [0.3, 0.4) is 0 Å². The number of carbonyl (C=O) groups is 1. The smallest absolute Gasteiger partial charge is 0.332 e. The second-order valence-electron chi connectivity index (χ2n) is 7.19. The van der Waals surface area contributed by atoms with E-state index in [0.717, 1.165) is 17.4 Å². The highest BCUT2D eigenvalue weighted by atomic mass is 32.1. The molecule has 1 fully saturated rings. The van der Waals surface area contributed by atoms with Gasteiger partial charge in [-0.05, 0) is 24.3 Å². The number of carbonyl (C=O) groups excluding carboxylic acids is 1. The van der Waals surface area contributed by atoms with E-state index in [0.29, 0.717) is 28.2 Å². The zero-order valence-corrected chi connectivity index (χ0v) is 17.0. The van der Waals surface area contributed by atoms with Crippen LogP contribution in [0.1, 0.15) is 24.6 Å². The number of hydrogen-bond donors (Lipinski definition) is 1. The molecule has 154 valence electrons. The lowest BCUT2D eigenvalue weighted by atomic mass is 10.3. The van der Waals surface area contributed by atoms with E-state index in [2.05, 4.69) is 20.4 Å². The molecule has 0 saturated heterocycles. The number of hydrogen-bond acceptors (Lipinski definition) is 8. The van der Waals surface area contributed by atoms with Gasteiger partial charge in [0.1, 0.15) is 11.4 Å². The van der Waals surface area contributed by atoms with Crippen LogP contribution in [0.5, 0.6) is 0 Å². The second kappa shape index (κ2) is 6.76. The molecule has 5 rings (SSSR count). The highest BCUT2D eigenvalue weighted by Crippen LogP contribution is 2.40. The molecule has 1 amide bonds.